The molecule has 2 aromatic rings. The number of hydrogen-bond donors (Lipinski definition) is 5. The van der Waals surface area contributed by atoms with Gasteiger partial charge in [-0.2, -0.15) is 5.10 Å². The van der Waals surface area contributed by atoms with Gasteiger partial charge in [-0.1, -0.05) is 6.07 Å². The molecule has 3 rings (SSSR count). The van der Waals surface area contributed by atoms with E-state index in [1.54, 1.807) is 50.2 Å². The van der Waals surface area contributed by atoms with Gasteiger partial charge in [0.15, 0.2) is 35.8 Å². The Kier molecular flexibility index (Phi) is 10.7. The Bertz CT molecular complexity index is 1330. The fraction of sp³-hybridized carbons (Fsp3) is 0.333. The number of nitrogens with one attached hydrogen (secondary N) is 3. The minimum Gasteiger partial charge on any atom is -0.493 e. The Labute approximate surface area is 235 Å². The van der Waals surface area contributed by atoms with Gasteiger partial charge in [0.05, 0.1) is 38.7 Å². The number of carboxylic acids is 1. The summed E-state index contributed by atoms with van der Waals surface area (Å²) in [5.41, 5.74) is 4.33. The van der Waals surface area contributed by atoms with Crippen molar-refractivity contribution in [1.82, 2.24) is 16.1 Å². The molecule has 0 radical (unpaired) electrons. The highest BCUT2D eigenvalue weighted by molar-refractivity contribution is 5.95. The van der Waals surface area contributed by atoms with Crippen LogP contribution >= 0.6 is 0 Å². The van der Waals surface area contributed by atoms with E-state index in [9.17, 15) is 19.5 Å². The number of carbonyl (C=O) groups is 3. The Morgan fingerprint density at radius 3 is 2.49 bits per heavy atom. The number of aliphatic hydroxyl groups excluding tert-OH is 1. The summed E-state index contributed by atoms with van der Waals surface area (Å²) >= 11 is 0. The van der Waals surface area contributed by atoms with E-state index in [0.717, 1.165) is 0 Å². The van der Waals surface area contributed by atoms with E-state index in [2.05, 4.69) is 21.2 Å². The molecule has 0 saturated carbocycles. The van der Waals surface area contributed by atoms with Crippen LogP contribution in [0.4, 0.5) is 4.79 Å². The second kappa shape index (κ2) is 14.4. The normalized spacial score (nSPS) is 15.4. The molecule has 0 fully saturated rings. The quantitative estimate of drug-likeness (QED) is 0.0959. The number of urea groups is 1. The summed E-state index contributed by atoms with van der Waals surface area (Å²) in [7, 11) is 2.68. The Morgan fingerprint density at radius 1 is 1.07 bits per heavy atom. The number of esters is 1. The van der Waals surface area contributed by atoms with E-state index in [0.29, 0.717) is 40.7 Å². The predicted octanol–water partition coefficient (Wildman–Crippen LogP) is 1.68. The van der Waals surface area contributed by atoms with Crippen molar-refractivity contribution in [2.45, 2.75) is 26.1 Å². The standard InChI is InChI=1S/C27H32N4O10/c1-5-39-21-11-17(25-24(26(35)38-4)15(2)29-27(36)30-25)7-9-19(21)40-13-22(32)31-28-12-16-6-8-18(20(10-16)37-3)41-14-23(33)34/h6-12,22,25,31-32H,5,13-14H2,1-4H3,(H,33,34)(H2,29,30,36)/b28-12-/t22-,25-/m1/s1. The summed E-state index contributed by atoms with van der Waals surface area (Å²) in [5, 5.41) is 28.4. The third-order valence-electron chi connectivity index (χ3n) is 5.65. The molecule has 5 N–H and O–H groups in total. The lowest BCUT2D eigenvalue weighted by Gasteiger charge is -2.28. The molecule has 0 bridgehead atoms. The molecular formula is C27H32N4O10. The van der Waals surface area contributed by atoms with Crippen LogP contribution in [0.2, 0.25) is 0 Å². The molecular weight excluding hydrogens is 540 g/mol. The molecule has 1 aliphatic heterocycles. The smallest absolute Gasteiger partial charge is 0.341 e. The molecule has 1 heterocycles. The number of methoxy groups -OCH3 is 2. The van der Waals surface area contributed by atoms with Crippen LogP contribution in [0.1, 0.15) is 31.0 Å². The van der Waals surface area contributed by atoms with Crippen molar-refractivity contribution in [3.63, 3.8) is 0 Å². The van der Waals surface area contributed by atoms with Gasteiger partial charge < -0.3 is 44.5 Å². The van der Waals surface area contributed by atoms with Crippen LogP contribution in [0, 0.1) is 0 Å². The van der Waals surface area contributed by atoms with Crippen LogP contribution in [0.3, 0.4) is 0 Å². The van der Waals surface area contributed by atoms with Gasteiger partial charge in [0.25, 0.3) is 0 Å². The van der Waals surface area contributed by atoms with Gasteiger partial charge >= 0.3 is 18.0 Å². The Morgan fingerprint density at radius 2 is 1.80 bits per heavy atom. The number of benzene rings is 2. The summed E-state index contributed by atoms with van der Waals surface area (Å²) in [6.45, 7) is 3.01. The number of hydrogen-bond acceptors (Lipinski definition) is 11. The molecule has 14 heteroatoms. The van der Waals surface area contributed by atoms with Gasteiger partial charge in [-0.3, -0.25) is 5.43 Å². The monoisotopic (exact) mass is 572 g/mol. The lowest BCUT2D eigenvalue weighted by atomic mass is 9.95. The van der Waals surface area contributed by atoms with Crippen molar-refractivity contribution in [1.29, 1.82) is 0 Å². The molecule has 1 aliphatic rings. The maximum absolute atomic E-state index is 12.4. The average Bonchev–Trinajstić information content (AvgIpc) is 2.95. The number of aliphatic hydroxyl groups is 1. The zero-order chi connectivity index (χ0) is 29.9. The van der Waals surface area contributed by atoms with Gasteiger partial charge in [-0.15, -0.1) is 0 Å². The number of carboxylic acid groups (broad SMARTS) is 1. The second-order valence-corrected chi connectivity index (χ2v) is 8.51. The summed E-state index contributed by atoms with van der Waals surface area (Å²) < 4.78 is 26.7. The number of nitrogens with zero attached hydrogens (tertiary/aromatic N) is 1. The number of aliphatic carboxylic acids is 1. The molecule has 14 nitrogen and oxygen atoms in total. The third-order valence-corrected chi connectivity index (χ3v) is 5.65. The third kappa shape index (κ3) is 8.25. The lowest BCUT2D eigenvalue weighted by Crippen LogP contribution is -2.45. The van der Waals surface area contributed by atoms with Gasteiger partial charge in [0.2, 0.25) is 0 Å². The average molecular weight is 573 g/mol. The fourth-order valence-electron chi connectivity index (χ4n) is 3.84. The first kappa shape index (κ1) is 30.6. The van der Waals surface area contributed by atoms with E-state index in [-0.39, 0.29) is 17.9 Å². The zero-order valence-electron chi connectivity index (χ0n) is 22.9. The highest BCUT2D eigenvalue weighted by Gasteiger charge is 2.32. The topological polar surface area (TPSA) is 186 Å². The number of ether oxygens (including phenoxy) is 5. The van der Waals surface area contributed by atoms with E-state index in [4.69, 9.17) is 28.8 Å². The van der Waals surface area contributed by atoms with Crippen LogP contribution in [-0.2, 0) is 14.3 Å². The first-order valence-electron chi connectivity index (χ1n) is 12.4. The number of hydrazone groups is 1. The molecule has 0 saturated heterocycles. The van der Waals surface area contributed by atoms with Crippen LogP contribution in [-0.4, -0.2) is 74.7 Å². The van der Waals surface area contributed by atoms with E-state index < -0.39 is 36.8 Å². The molecule has 2 aromatic carbocycles. The van der Waals surface area contributed by atoms with Crippen molar-refractivity contribution < 1.29 is 48.3 Å². The number of carbonyl (C=O) groups excluding carboxylic acids is 2. The molecule has 0 unspecified atom stereocenters. The van der Waals surface area contributed by atoms with Crippen LogP contribution in [0.15, 0.2) is 52.8 Å². The Hall–Kier alpha value is -4.98. The van der Waals surface area contributed by atoms with E-state index >= 15 is 0 Å². The molecule has 220 valence electrons. The lowest BCUT2D eigenvalue weighted by molar-refractivity contribution is -0.139. The molecule has 0 spiro atoms. The maximum atomic E-state index is 12.4. The van der Waals surface area contributed by atoms with E-state index in [1.165, 1.54) is 20.4 Å². The predicted molar refractivity (Wildman–Crippen MR) is 145 cm³/mol. The SMILES string of the molecule is CCOc1cc([C@H]2NC(=O)NC(C)=C2C(=O)OC)ccc1OC[C@@H](O)N/N=C\c1ccc(OCC(=O)O)c(OC)c1. The molecule has 2 amide bonds. The number of amides is 2. The summed E-state index contributed by atoms with van der Waals surface area (Å²) in [6.07, 6.45) is 0.232. The summed E-state index contributed by atoms with van der Waals surface area (Å²) in [6, 6.07) is 8.44. The molecule has 41 heavy (non-hydrogen) atoms. The minimum atomic E-state index is -1.19. The van der Waals surface area contributed by atoms with Gasteiger partial charge in [0.1, 0.15) is 6.61 Å². The molecule has 0 aliphatic carbocycles. The van der Waals surface area contributed by atoms with Crippen molar-refractivity contribution >= 4 is 24.2 Å². The van der Waals surface area contributed by atoms with Gasteiger partial charge in [0, 0.05) is 5.70 Å². The van der Waals surface area contributed by atoms with Crippen LogP contribution < -0.4 is 35.0 Å². The minimum absolute atomic E-state index is 0.196. The fourth-order valence-corrected chi connectivity index (χ4v) is 3.84. The highest BCUT2D eigenvalue weighted by atomic mass is 16.5. The number of rotatable bonds is 14. The van der Waals surface area contributed by atoms with Crippen molar-refractivity contribution in [2.75, 3.05) is 34.0 Å². The summed E-state index contributed by atoms with van der Waals surface area (Å²) in [4.78, 5) is 35.2. The molecule has 2 atom stereocenters. The molecule has 0 aromatic heterocycles. The first-order chi connectivity index (χ1) is 19.7. The second-order valence-electron chi connectivity index (χ2n) is 8.51. The largest absolute Gasteiger partial charge is 0.493 e. The van der Waals surface area contributed by atoms with Crippen molar-refractivity contribution in [3.8, 4) is 23.0 Å². The van der Waals surface area contributed by atoms with Crippen molar-refractivity contribution in [2.24, 2.45) is 5.10 Å². The summed E-state index contributed by atoms with van der Waals surface area (Å²) in [5.74, 6) is -0.457. The van der Waals surface area contributed by atoms with Gasteiger partial charge in [-0.05, 0) is 55.3 Å². The van der Waals surface area contributed by atoms with Crippen LogP contribution in [0.5, 0.6) is 23.0 Å². The Balaban J connectivity index is 1.66. The maximum Gasteiger partial charge on any atom is 0.341 e. The van der Waals surface area contributed by atoms with Crippen molar-refractivity contribution in [3.05, 3.63) is 58.8 Å². The highest BCUT2D eigenvalue weighted by Crippen LogP contribution is 2.35. The van der Waals surface area contributed by atoms with Crippen LogP contribution in [0.25, 0.3) is 0 Å². The number of allylic oxidation sites excluding steroid dienone is 1. The van der Waals surface area contributed by atoms with E-state index in [1.807, 2.05) is 0 Å². The van der Waals surface area contributed by atoms with Gasteiger partial charge in [-0.25, -0.2) is 14.4 Å². The first-order valence-corrected chi connectivity index (χ1v) is 12.4. The zero-order valence-corrected chi connectivity index (χ0v) is 22.9.